The SMILES string of the molecule is Cc1cc(S(=O)(=O)N2CCCC(N(C)C)C2)cc(N)c1Cl. The van der Waals surface area contributed by atoms with E-state index < -0.39 is 10.0 Å². The van der Waals surface area contributed by atoms with Crippen LogP contribution in [0, 0.1) is 6.92 Å². The molecule has 0 spiro atoms. The van der Waals surface area contributed by atoms with Crippen molar-refractivity contribution >= 4 is 27.3 Å². The Labute approximate surface area is 131 Å². The van der Waals surface area contributed by atoms with Crippen molar-refractivity contribution in [3.05, 3.63) is 22.7 Å². The number of likely N-dealkylation sites (N-methyl/N-ethyl adjacent to an activating group) is 1. The van der Waals surface area contributed by atoms with E-state index in [0.29, 0.717) is 29.4 Å². The van der Waals surface area contributed by atoms with Crippen LogP contribution in [0.25, 0.3) is 0 Å². The second kappa shape index (κ2) is 6.12. The molecule has 1 unspecified atom stereocenters. The highest BCUT2D eigenvalue weighted by molar-refractivity contribution is 7.89. The molecule has 1 fully saturated rings. The molecule has 0 amide bonds. The van der Waals surface area contributed by atoms with Crippen molar-refractivity contribution in [2.75, 3.05) is 32.9 Å². The van der Waals surface area contributed by atoms with Crippen LogP contribution in [0.15, 0.2) is 17.0 Å². The topological polar surface area (TPSA) is 66.6 Å². The van der Waals surface area contributed by atoms with Gasteiger partial charge in [-0.2, -0.15) is 4.31 Å². The Morgan fingerprint density at radius 2 is 2.05 bits per heavy atom. The van der Waals surface area contributed by atoms with Gasteiger partial charge in [0.05, 0.1) is 15.6 Å². The highest BCUT2D eigenvalue weighted by Gasteiger charge is 2.31. The number of nitrogen functional groups attached to an aromatic ring is 1. The molecule has 21 heavy (non-hydrogen) atoms. The van der Waals surface area contributed by atoms with Crippen molar-refractivity contribution in [2.24, 2.45) is 0 Å². The van der Waals surface area contributed by atoms with E-state index in [1.165, 1.54) is 6.07 Å². The molecule has 1 saturated heterocycles. The van der Waals surface area contributed by atoms with Gasteiger partial charge in [0, 0.05) is 19.1 Å². The van der Waals surface area contributed by atoms with Crippen LogP contribution in [0.4, 0.5) is 5.69 Å². The lowest BCUT2D eigenvalue weighted by atomic mass is 10.1. The number of sulfonamides is 1. The first-order valence-corrected chi connectivity index (χ1v) is 8.77. The summed E-state index contributed by atoms with van der Waals surface area (Å²) in [4.78, 5) is 2.30. The first-order valence-electron chi connectivity index (χ1n) is 6.95. The summed E-state index contributed by atoms with van der Waals surface area (Å²) in [7, 11) is 0.433. The van der Waals surface area contributed by atoms with E-state index in [-0.39, 0.29) is 10.9 Å². The molecule has 0 saturated carbocycles. The third kappa shape index (κ3) is 3.34. The van der Waals surface area contributed by atoms with Crippen molar-refractivity contribution < 1.29 is 8.42 Å². The Morgan fingerprint density at radius 3 is 2.62 bits per heavy atom. The molecule has 0 bridgehead atoms. The van der Waals surface area contributed by atoms with E-state index in [2.05, 4.69) is 4.90 Å². The molecule has 1 aliphatic heterocycles. The lowest BCUT2D eigenvalue weighted by Crippen LogP contribution is -2.47. The standard InChI is InChI=1S/C14H22ClN3O2S/c1-10-7-12(8-13(16)14(10)15)21(19,20)18-6-4-5-11(9-18)17(2)3/h7-8,11H,4-6,9,16H2,1-3H3. The molecule has 7 heteroatoms. The van der Waals surface area contributed by atoms with Gasteiger partial charge >= 0.3 is 0 Å². The Bertz CT molecular complexity index is 608. The molecule has 1 aromatic rings. The zero-order chi connectivity index (χ0) is 15.8. The van der Waals surface area contributed by atoms with Crippen LogP contribution in [-0.2, 0) is 10.0 Å². The van der Waals surface area contributed by atoms with Gasteiger partial charge in [-0.25, -0.2) is 8.42 Å². The molecule has 1 aromatic carbocycles. The number of benzene rings is 1. The van der Waals surface area contributed by atoms with Gasteiger partial charge in [-0.3, -0.25) is 0 Å². The predicted octanol–water partition coefficient (Wildman–Crippen LogP) is 1.95. The Balaban J connectivity index is 2.34. The molecule has 2 N–H and O–H groups in total. The fourth-order valence-corrected chi connectivity index (χ4v) is 4.37. The molecule has 118 valence electrons. The average molecular weight is 332 g/mol. The van der Waals surface area contributed by atoms with E-state index >= 15 is 0 Å². The Hall–Kier alpha value is -0.820. The van der Waals surface area contributed by atoms with Crippen LogP contribution in [-0.4, -0.2) is 50.8 Å². The molecule has 0 aliphatic carbocycles. The summed E-state index contributed by atoms with van der Waals surface area (Å²) in [6.07, 6.45) is 1.88. The van der Waals surface area contributed by atoms with Crippen LogP contribution in [0.1, 0.15) is 18.4 Å². The van der Waals surface area contributed by atoms with Gasteiger partial charge in [-0.15, -0.1) is 0 Å². The Kier molecular flexibility index (Phi) is 4.82. The summed E-state index contributed by atoms with van der Waals surface area (Å²) in [5.74, 6) is 0. The van der Waals surface area contributed by atoms with Crippen molar-refractivity contribution in [2.45, 2.75) is 30.7 Å². The van der Waals surface area contributed by atoms with Crippen LogP contribution in [0.3, 0.4) is 0 Å². The lowest BCUT2D eigenvalue weighted by Gasteiger charge is -2.35. The summed E-state index contributed by atoms with van der Waals surface area (Å²) in [5.41, 5.74) is 6.78. The van der Waals surface area contributed by atoms with Crippen molar-refractivity contribution in [1.29, 1.82) is 0 Å². The van der Waals surface area contributed by atoms with E-state index in [4.69, 9.17) is 17.3 Å². The molecule has 1 atom stereocenters. The quantitative estimate of drug-likeness (QED) is 0.860. The minimum absolute atomic E-state index is 0.223. The van der Waals surface area contributed by atoms with Crippen LogP contribution >= 0.6 is 11.6 Å². The molecule has 1 heterocycles. The fourth-order valence-electron chi connectivity index (χ4n) is 2.62. The number of piperidine rings is 1. The largest absolute Gasteiger partial charge is 0.397 e. The molecular weight excluding hydrogens is 310 g/mol. The van der Waals surface area contributed by atoms with Crippen LogP contribution < -0.4 is 5.73 Å². The van der Waals surface area contributed by atoms with E-state index in [9.17, 15) is 8.42 Å². The van der Waals surface area contributed by atoms with Gasteiger partial charge in [0.25, 0.3) is 0 Å². The van der Waals surface area contributed by atoms with Crippen molar-refractivity contribution in [1.82, 2.24) is 9.21 Å². The molecule has 1 aliphatic rings. The maximum atomic E-state index is 12.8. The second-order valence-electron chi connectivity index (χ2n) is 5.77. The number of rotatable bonds is 3. The minimum Gasteiger partial charge on any atom is -0.397 e. The Morgan fingerprint density at radius 1 is 1.38 bits per heavy atom. The maximum absolute atomic E-state index is 12.8. The highest BCUT2D eigenvalue weighted by atomic mass is 35.5. The number of nitrogens with zero attached hydrogens (tertiary/aromatic N) is 2. The highest BCUT2D eigenvalue weighted by Crippen LogP contribution is 2.29. The predicted molar refractivity (Wildman–Crippen MR) is 86.1 cm³/mol. The minimum atomic E-state index is -3.52. The molecule has 2 rings (SSSR count). The van der Waals surface area contributed by atoms with Gasteiger partial charge in [0.1, 0.15) is 0 Å². The normalized spacial score (nSPS) is 20.9. The van der Waals surface area contributed by atoms with Gasteiger partial charge < -0.3 is 10.6 Å². The van der Waals surface area contributed by atoms with E-state index in [0.717, 1.165) is 12.8 Å². The molecule has 0 aromatic heterocycles. The van der Waals surface area contributed by atoms with Gasteiger partial charge in [-0.1, -0.05) is 11.6 Å². The zero-order valence-corrected chi connectivity index (χ0v) is 14.2. The van der Waals surface area contributed by atoms with Crippen molar-refractivity contribution in [3.63, 3.8) is 0 Å². The average Bonchev–Trinajstić information content (AvgIpc) is 2.44. The van der Waals surface area contributed by atoms with E-state index in [1.807, 2.05) is 14.1 Å². The van der Waals surface area contributed by atoms with E-state index in [1.54, 1.807) is 17.3 Å². The monoisotopic (exact) mass is 331 g/mol. The van der Waals surface area contributed by atoms with Gasteiger partial charge in [-0.05, 0) is 51.6 Å². The summed E-state index contributed by atoms with van der Waals surface area (Å²) in [5, 5.41) is 0.416. The van der Waals surface area contributed by atoms with Gasteiger partial charge in [0.2, 0.25) is 10.0 Å². The van der Waals surface area contributed by atoms with Crippen LogP contribution in [0.5, 0.6) is 0 Å². The number of nitrogens with two attached hydrogens (primary N) is 1. The number of aryl methyl sites for hydroxylation is 1. The first-order chi connectivity index (χ1) is 9.73. The first kappa shape index (κ1) is 16.5. The third-order valence-electron chi connectivity index (χ3n) is 3.98. The van der Waals surface area contributed by atoms with Crippen molar-refractivity contribution in [3.8, 4) is 0 Å². The number of halogens is 1. The summed E-state index contributed by atoms with van der Waals surface area (Å²) in [6, 6.07) is 3.29. The smallest absolute Gasteiger partial charge is 0.243 e. The number of hydrogen-bond acceptors (Lipinski definition) is 4. The molecule has 5 nitrogen and oxygen atoms in total. The zero-order valence-electron chi connectivity index (χ0n) is 12.6. The fraction of sp³-hybridized carbons (Fsp3) is 0.571. The van der Waals surface area contributed by atoms with Gasteiger partial charge in [0.15, 0.2) is 0 Å². The number of hydrogen-bond donors (Lipinski definition) is 1. The number of anilines is 1. The lowest BCUT2D eigenvalue weighted by molar-refractivity contribution is 0.190. The summed E-state index contributed by atoms with van der Waals surface area (Å²) >= 11 is 6.01. The second-order valence-corrected chi connectivity index (χ2v) is 8.08. The van der Waals surface area contributed by atoms with Crippen LogP contribution in [0.2, 0.25) is 5.02 Å². The summed E-state index contributed by atoms with van der Waals surface area (Å²) in [6.45, 7) is 2.82. The molecule has 0 radical (unpaired) electrons. The third-order valence-corrected chi connectivity index (χ3v) is 6.34. The maximum Gasteiger partial charge on any atom is 0.243 e. The molecular formula is C14H22ClN3O2S. The summed E-state index contributed by atoms with van der Waals surface area (Å²) < 4.78 is 27.1.